The fourth-order valence-electron chi connectivity index (χ4n) is 2.21. The molecule has 0 saturated carbocycles. The van der Waals surface area contributed by atoms with E-state index < -0.39 is 76.9 Å². The number of rotatable bonds is 6. The van der Waals surface area contributed by atoms with Crippen molar-refractivity contribution in [1.29, 1.82) is 0 Å². The minimum absolute atomic E-state index is 0.329. The largest absolute Gasteiger partial charge is 0.864 e. The Labute approximate surface area is 167 Å². The molecule has 3 nitrogen and oxygen atoms in total. The molecule has 0 N–H and O–H groups in total. The summed E-state index contributed by atoms with van der Waals surface area (Å²) in [6.45, 7) is 0. The lowest BCUT2D eigenvalue weighted by molar-refractivity contribution is 0.299. The first kappa shape index (κ1) is 22.2. The topological polar surface area (TPSA) is 27.7 Å². The lowest BCUT2D eigenvalue weighted by atomic mass is 10.1. The molecule has 162 valence electrons. The molecule has 3 aromatic rings. The van der Waals surface area contributed by atoms with Gasteiger partial charge in [-0.1, -0.05) is 0 Å². The summed E-state index contributed by atoms with van der Waals surface area (Å²) in [7, 11) is -2.28. The van der Waals surface area contributed by atoms with Crippen LogP contribution in [0, 0.1) is 52.4 Å². The third-order valence-corrected chi connectivity index (χ3v) is 3.57. The zero-order valence-electron chi connectivity index (χ0n) is 14.7. The maximum Gasteiger partial charge on any atom is 0.864 e. The van der Waals surface area contributed by atoms with Crippen molar-refractivity contribution in [3.05, 3.63) is 88.8 Å². The van der Waals surface area contributed by atoms with Crippen molar-refractivity contribution < 1.29 is 53.5 Å². The summed E-state index contributed by atoms with van der Waals surface area (Å²) in [6, 6.07) is 1.97. The zero-order chi connectivity index (χ0) is 22.9. The van der Waals surface area contributed by atoms with Gasteiger partial charge in [0, 0.05) is 36.4 Å². The number of hydrogen-bond donors (Lipinski definition) is 0. The Kier molecular flexibility index (Phi) is 6.23. The molecule has 0 aliphatic heterocycles. The van der Waals surface area contributed by atoms with E-state index in [2.05, 4.69) is 0 Å². The summed E-state index contributed by atoms with van der Waals surface area (Å²) >= 11 is 0. The molecule has 3 rings (SSSR count). The van der Waals surface area contributed by atoms with Gasteiger partial charge in [0.05, 0.1) is 0 Å². The van der Waals surface area contributed by atoms with Crippen LogP contribution < -0.4 is 14.0 Å². The molecule has 0 amide bonds. The molecule has 0 aliphatic rings. The van der Waals surface area contributed by atoms with Crippen LogP contribution >= 0.6 is 0 Å². The van der Waals surface area contributed by atoms with Crippen molar-refractivity contribution in [2.45, 2.75) is 0 Å². The summed E-state index contributed by atoms with van der Waals surface area (Å²) in [5.74, 6) is -18.1. The molecule has 0 bridgehead atoms. The van der Waals surface area contributed by atoms with Crippen molar-refractivity contribution in [2.24, 2.45) is 0 Å². The Bertz CT molecular complexity index is 932. The van der Waals surface area contributed by atoms with E-state index in [0.29, 0.717) is 36.4 Å². The maximum absolute atomic E-state index is 13.4. The highest BCUT2D eigenvalue weighted by molar-refractivity contribution is 6.39. The molecule has 0 saturated heterocycles. The smallest absolute Gasteiger partial charge is 0.489 e. The summed E-state index contributed by atoms with van der Waals surface area (Å²) in [5.41, 5.74) is 0. The quantitative estimate of drug-likeness (QED) is 0.283. The van der Waals surface area contributed by atoms with Crippen LogP contribution in [-0.4, -0.2) is 7.32 Å². The minimum Gasteiger partial charge on any atom is -0.489 e. The Morgan fingerprint density at radius 3 is 0.774 bits per heavy atom. The molecule has 0 radical (unpaired) electrons. The Balaban J connectivity index is 1.95. The van der Waals surface area contributed by atoms with Gasteiger partial charge in [-0.25, -0.2) is 39.5 Å². The van der Waals surface area contributed by atoms with Crippen molar-refractivity contribution in [3.63, 3.8) is 0 Å². The third-order valence-electron chi connectivity index (χ3n) is 3.57. The van der Waals surface area contributed by atoms with Crippen LogP contribution in [0.4, 0.5) is 39.5 Å². The Morgan fingerprint density at radius 1 is 0.387 bits per heavy atom. The van der Waals surface area contributed by atoms with E-state index in [1.165, 1.54) is 0 Å². The lowest BCUT2D eigenvalue weighted by Gasteiger charge is -2.17. The van der Waals surface area contributed by atoms with Gasteiger partial charge in [-0.15, -0.1) is 0 Å². The minimum atomic E-state index is -2.28. The van der Waals surface area contributed by atoms with E-state index in [1.807, 2.05) is 0 Å². The van der Waals surface area contributed by atoms with Gasteiger partial charge in [0.25, 0.3) is 0 Å². The van der Waals surface area contributed by atoms with Crippen LogP contribution in [0.15, 0.2) is 36.4 Å². The van der Waals surface area contributed by atoms with Gasteiger partial charge in [0.15, 0.2) is 52.4 Å². The van der Waals surface area contributed by atoms with Gasteiger partial charge in [0.2, 0.25) is 0 Å². The van der Waals surface area contributed by atoms with Gasteiger partial charge in [-0.05, 0) is 0 Å². The molecule has 13 heteroatoms. The molecule has 0 unspecified atom stereocenters. The van der Waals surface area contributed by atoms with E-state index in [1.54, 1.807) is 0 Å². The van der Waals surface area contributed by atoms with Crippen LogP contribution in [0.1, 0.15) is 0 Å². The predicted octanol–water partition coefficient (Wildman–Crippen LogP) is 5.46. The molecule has 0 aromatic heterocycles. The second-order valence-electron chi connectivity index (χ2n) is 5.74. The Morgan fingerprint density at radius 2 is 0.581 bits per heavy atom. The van der Waals surface area contributed by atoms with E-state index in [0.717, 1.165) is 0 Å². The van der Waals surface area contributed by atoms with Gasteiger partial charge in [-0.3, -0.25) is 0 Å². The number of halogens is 9. The first-order valence-corrected chi connectivity index (χ1v) is 7.98. The first-order chi connectivity index (χ1) is 14.5. The molecule has 0 heterocycles. The average molecular weight is 452 g/mol. The van der Waals surface area contributed by atoms with E-state index in [4.69, 9.17) is 14.0 Å². The number of hydrogen-bond acceptors (Lipinski definition) is 3. The highest BCUT2D eigenvalue weighted by Crippen LogP contribution is 2.25. The van der Waals surface area contributed by atoms with E-state index in [-0.39, 0.29) is 0 Å². The fraction of sp³-hybridized carbons (Fsp3) is 0. The molecule has 31 heavy (non-hydrogen) atoms. The first-order valence-electron chi connectivity index (χ1n) is 7.98. The van der Waals surface area contributed by atoms with Gasteiger partial charge in [-0.2, -0.15) is 0 Å². The summed E-state index contributed by atoms with van der Waals surface area (Å²) in [6.07, 6.45) is 0. The van der Waals surface area contributed by atoms with Gasteiger partial charge >= 0.3 is 7.32 Å². The van der Waals surface area contributed by atoms with Crippen molar-refractivity contribution >= 4 is 7.32 Å². The van der Waals surface area contributed by atoms with Gasteiger partial charge < -0.3 is 14.0 Å². The zero-order valence-corrected chi connectivity index (χ0v) is 14.7. The molecular formula is C18H6BF9O3. The second-order valence-corrected chi connectivity index (χ2v) is 5.74. The predicted molar refractivity (Wildman–Crippen MR) is 86.6 cm³/mol. The summed E-state index contributed by atoms with van der Waals surface area (Å²) in [5, 5.41) is 0. The third kappa shape index (κ3) is 4.98. The van der Waals surface area contributed by atoms with Crippen molar-refractivity contribution in [3.8, 4) is 17.2 Å². The van der Waals surface area contributed by atoms with Crippen molar-refractivity contribution in [2.75, 3.05) is 0 Å². The van der Waals surface area contributed by atoms with Gasteiger partial charge in [0.1, 0.15) is 17.2 Å². The summed E-state index contributed by atoms with van der Waals surface area (Å²) < 4.78 is 134. The van der Waals surface area contributed by atoms with Crippen LogP contribution in [0.3, 0.4) is 0 Å². The average Bonchev–Trinajstić information content (AvgIpc) is 2.68. The molecule has 0 spiro atoms. The monoisotopic (exact) mass is 452 g/mol. The highest BCUT2D eigenvalue weighted by Gasteiger charge is 2.33. The molecule has 3 aromatic carbocycles. The van der Waals surface area contributed by atoms with E-state index >= 15 is 0 Å². The SMILES string of the molecule is Fc1cc(OB(Oc2cc(F)c(F)c(F)c2)Oc2cc(F)c(F)c(F)c2)cc(F)c1F. The fourth-order valence-corrected chi connectivity index (χ4v) is 2.21. The maximum atomic E-state index is 13.4. The van der Waals surface area contributed by atoms with Crippen LogP contribution in [0.5, 0.6) is 17.2 Å². The van der Waals surface area contributed by atoms with Crippen molar-refractivity contribution in [1.82, 2.24) is 0 Å². The normalized spacial score (nSPS) is 10.7. The number of benzene rings is 3. The standard InChI is InChI=1S/C18H6BF9O3/c20-10-1-7(2-11(21)16(10)26)29-19(30-8-3-12(22)17(27)13(23)4-8)31-9-5-14(24)18(28)15(25)6-9/h1-6H. The molecule has 0 aliphatic carbocycles. The highest BCUT2D eigenvalue weighted by atomic mass is 19.2. The van der Waals surface area contributed by atoms with Crippen LogP contribution in [0.25, 0.3) is 0 Å². The molecule has 0 atom stereocenters. The molecule has 0 fully saturated rings. The van der Waals surface area contributed by atoms with E-state index in [9.17, 15) is 39.5 Å². The second kappa shape index (κ2) is 8.70. The molecular weight excluding hydrogens is 446 g/mol. The lowest BCUT2D eigenvalue weighted by Crippen LogP contribution is -2.37. The van der Waals surface area contributed by atoms with Crippen LogP contribution in [0.2, 0.25) is 0 Å². The summed E-state index contributed by atoms with van der Waals surface area (Å²) in [4.78, 5) is 0. The van der Waals surface area contributed by atoms with Crippen LogP contribution in [-0.2, 0) is 0 Å². The Hall–Kier alpha value is -3.51.